The van der Waals surface area contributed by atoms with Crippen molar-refractivity contribution < 1.29 is 9.53 Å². The quantitative estimate of drug-likeness (QED) is 0.781. The highest BCUT2D eigenvalue weighted by Crippen LogP contribution is 2.21. The van der Waals surface area contributed by atoms with Crippen molar-refractivity contribution in [3.05, 3.63) is 20.8 Å². The van der Waals surface area contributed by atoms with E-state index in [1.807, 2.05) is 12.1 Å². The number of carbonyl (C=O) groups excluding carboxylic acids is 1. The summed E-state index contributed by atoms with van der Waals surface area (Å²) in [7, 11) is 1.66. The largest absolute Gasteiger partial charge is 0.384 e. The Morgan fingerprint density at radius 2 is 2.38 bits per heavy atom. The fourth-order valence-electron chi connectivity index (χ4n) is 1.13. The van der Waals surface area contributed by atoms with Gasteiger partial charge < -0.3 is 10.1 Å². The van der Waals surface area contributed by atoms with Crippen molar-refractivity contribution in [3.8, 4) is 0 Å². The number of thiophene rings is 1. The Hall–Kier alpha value is 0.0900. The zero-order chi connectivity index (χ0) is 12.0. The molecule has 0 aliphatic heterocycles. The molecule has 1 heterocycles. The zero-order valence-electron chi connectivity index (χ0n) is 8.83. The van der Waals surface area contributed by atoms with Gasteiger partial charge in [0.2, 0.25) is 0 Å². The monoisotopic (exact) mass is 369 g/mol. The van der Waals surface area contributed by atoms with Gasteiger partial charge in [-0.05, 0) is 34.5 Å². The van der Waals surface area contributed by atoms with Gasteiger partial charge in [-0.3, -0.25) is 4.79 Å². The second-order valence-electron chi connectivity index (χ2n) is 3.20. The summed E-state index contributed by atoms with van der Waals surface area (Å²) in [6.45, 7) is 1.30. The number of alkyl halides is 1. The number of methoxy groups -OCH3 is 1. The van der Waals surface area contributed by atoms with E-state index in [1.165, 1.54) is 11.3 Å². The summed E-state index contributed by atoms with van der Waals surface area (Å²) in [5.74, 6) is -0.0205. The Labute approximate surface area is 116 Å². The van der Waals surface area contributed by atoms with E-state index in [0.29, 0.717) is 13.2 Å². The summed E-state index contributed by atoms with van der Waals surface area (Å²) in [6, 6.07) is 3.68. The third kappa shape index (κ3) is 4.95. The predicted octanol–water partition coefficient (Wildman–Crippen LogP) is 3.04. The van der Waals surface area contributed by atoms with Crippen LogP contribution in [0.2, 0.25) is 0 Å². The smallest absolute Gasteiger partial charge is 0.261 e. The van der Waals surface area contributed by atoms with E-state index in [4.69, 9.17) is 4.74 Å². The van der Waals surface area contributed by atoms with Crippen LogP contribution in [0, 0.1) is 0 Å². The van der Waals surface area contributed by atoms with Crippen LogP contribution in [0.3, 0.4) is 0 Å². The highest BCUT2D eigenvalue weighted by molar-refractivity contribution is 9.11. The van der Waals surface area contributed by atoms with Gasteiger partial charge in [0.25, 0.3) is 5.91 Å². The molecule has 1 rings (SSSR count). The first-order valence-corrected chi connectivity index (χ1v) is 7.32. The number of amides is 1. The van der Waals surface area contributed by atoms with Gasteiger partial charge in [0.15, 0.2) is 0 Å². The fraction of sp³-hybridized carbons (Fsp3) is 0.500. The van der Waals surface area contributed by atoms with Gasteiger partial charge >= 0.3 is 0 Å². The lowest BCUT2D eigenvalue weighted by Gasteiger charge is -2.08. The molecule has 0 bridgehead atoms. The van der Waals surface area contributed by atoms with E-state index in [1.54, 1.807) is 7.11 Å². The molecular formula is C10H13Br2NO2S. The van der Waals surface area contributed by atoms with Gasteiger partial charge in [0.1, 0.15) is 0 Å². The first kappa shape index (κ1) is 14.2. The number of halogens is 2. The van der Waals surface area contributed by atoms with Crippen LogP contribution < -0.4 is 5.32 Å². The van der Waals surface area contributed by atoms with Crippen molar-refractivity contribution in [2.45, 2.75) is 11.2 Å². The Bertz CT molecular complexity index is 343. The molecule has 3 nitrogen and oxygen atoms in total. The molecule has 90 valence electrons. The standard InChI is InChI=1S/C10H13Br2NO2S/c1-15-6-7(11)4-5-13-10(14)8-2-3-9(12)16-8/h2-3,7H,4-6H2,1H3,(H,13,14). The number of rotatable bonds is 6. The maximum atomic E-state index is 11.6. The van der Waals surface area contributed by atoms with E-state index < -0.39 is 0 Å². The van der Waals surface area contributed by atoms with Crippen LogP contribution in [0.5, 0.6) is 0 Å². The maximum Gasteiger partial charge on any atom is 0.261 e. The molecule has 16 heavy (non-hydrogen) atoms. The third-order valence-electron chi connectivity index (χ3n) is 1.89. The van der Waals surface area contributed by atoms with Crippen LogP contribution in [0.25, 0.3) is 0 Å². The second-order valence-corrected chi connectivity index (χ2v) is 6.96. The first-order chi connectivity index (χ1) is 7.63. The maximum absolute atomic E-state index is 11.6. The summed E-state index contributed by atoms with van der Waals surface area (Å²) in [6.07, 6.45) is 0.853. The minimum Gasteiger partial charge on any atom is -0.384 e. The normalized spacial score (nSPS) is 12.4. The van der Waals surface area contributed by atoms with Crippen molar-refractivity contribution in [1.82, 2.24) is 5.32 Å². The highest BCUT2D eigenvalue weighted by atomic mass is 79.9. The van der Waals surface area contributed by atoms with Gasteiger partial charge in [-0.2, -0.15) is 0 Å². The van der Waals surface area contributed by atoms with Crippen molar-refractivity contribution >= 4 is 49.1 Å². The molecule has 1 N–H and O–H groups in total. The summed E-state index contributed by atoms with van der Waals surface area (Å²) in [4.78, 5) is 12.6. The second kappa shape index (κ2) is 7.42. The van der Waals surface area contributed by atoms with E-state index >= 15 is 0 Å². The number of carbonyl (C=O) groups is 1. The fourth-order valence-corrected chi connectivity index (χ4v) is 2.93. The SMILES string of the molecule is COCC(Br)CCNC(=O)c1ccc(Br)s1. The summed E-state index contributed by atoms with van der Waals surface area (Å²) in [5, 5.41) is 2.87. The molecule has 0 aliphatic rings. The molecule has 0 aliphatic carbocycles. The minimum absolute atomic E-state index is 0.0205. The van der Waals surface area contributed by atoms with E-state index in [2.05, 4.69) is 37.2 Å². The van der Waals surface area contributed by atoms with Gasteiger partial charge in [0, 0.05) is 18.5 Å². The van der Waals surface area contributed by atoms with Crippen molar-refractivity contribution in [1.29, 1.82) is 0 Å². The summed E-state index contributed by atoms with van der Waals surface area (Å²) in [5.41, 5.74) is 0. The Kier molecular flexibility index (Phi) is 6.57. The molecule has 0 aromatic carbocycles. The molecule has 1 aromatic heterocycles. The van der Waals surface area contributed by atoms with Crippen molar-refractivity contribution in [2.75, 3.05) is 20.3 Å². The van der Waals surface area contributed by atoms with Gasteiger partial charge in [-0.15, -0.1) is 11.3 Å². The lowest BCUT2D eigenvalue weighted by molar-refractivity contribution is 0.0956. The number of nitrogens with one attached hydrogen (secondary N) is 1. The molecule has 0 saturated carbocycles. The van der Waals surface area contributed by atoms with E-state index in [9.17, 15) is 4.79 Å². The zero-order valence-corrected chi connectivity index (χ0v) is 12.8. The van der Waals surface area contributed by atoms with Crippen LogP contribution >= 0.6 is 43.2 Å². The van der Waals surface area contributed by atoms with Crippen LogP contribution in [-0.4, -0.2) is 31.0 Å². The molecule has 1 aromatic rings. The number of hydrogen-bond acceptors (Lipinski definition) is 3. The predicted molar refractivity (Wildman–Crippen MR) is 73.6 cm³/mol. The molecule has 0 radical (unpaired) electrons. The first-order valence-electron chi connectivity index (χ1n) is 4.80. The Balaban J connectivity index is 2.25. The van der Waals surface area contributed by atoms with Crippen molar-refractivity contribution in [2.24, 2.45) is 0 Å². The van der Waals surface area contributed by atoms with Crippen LogP contribution in [0.1, 0.15) is 16.1 Å². The lowest BCUT2D eigenvalue weighted by atomic mass is 10.3. The number of hydrogen-bond donors (Lipinski definition) is 1. The van der Waals surface area contributed by atoms with Gasteiger partial charge in [-0.25, -0.2) is 0 Å². The van der Waals surface area contributed by atoms with Crippen LogP contribution in [-0.2, 0) is 4.74 Å². The molecule has 1 amide bonds. The van der Waals surface area contributed by atoms with Crippen molar-refractivity contribution in [3.63, 3.8) is 0 Å². The average Bonchev–Trinajstić information content (AvgIpc) is 2.65. The van der Waals surface area contributed by atoms with Gasteiger partial charge in [0.05, 0.1) is 15.3 Å². The Morgan fingerprint density at radius 1 is 1.62 bits per heavy atom. The van der Waals surface area contributed by atoms with E-state index in [0.717, 1.165) is 15.1 Å². The summed E-state index contributed by atoms with van der Waals surface area (Å²) >= 11 is 8.23. The molecular weight excluding hydrogens is 358 g/mol. The highest BCUT2D eigenvalue weighted by Gasteiger charge is 2.09. The molecule has 0 saturated heterocycles. The third-order valence-corrected chi connectivity index (χ3v) is 4.23. The topological polar surface area (TPSA) is 38.3 Å². The van der Waals surface area contributed by atoms with E-state index in [-0.39, 0.29) is 10.7 Å². The molecule has 0 spiro atoms. The number of ether oxygens (including phenoxy) is 1. The van der Waals surface area contributed by atoms with Gasteiger partial charge in [-0.1, -0.05) is 15.9 Å². The minimum atomic E-state index is -0.0205. The molecule has 0 fully saturated rings. The van der Waals surface area contributed by atoms with Crippen LogP contribution in [0.4, 0.5) is 0 Å². The average molecular weight is 371 g/mol. The lowest BCUT2D eigenvalue weighted by Crippen LogP contribution is -2.26. The molecule has 1 unspecified atom stereocenters. The molecule has 1 atom stereocenters. The Morgan fingerprint density at radius 3 is 2.94 bits per heavy atom. The molecule has 6 heteroatoms. The summed E-state index contributed by atoms with van der Waals surface area (Å²) < 4.78 is 5.95. The van der Waals surface area contributed by atoms with Crippen LogP contribution in [0.15, 0.2) is 15.9 Å².